The summed E-state index contributed by atoms with van der Waals surface area (Å²) in [5.74, 6) is 3.04. The number of hydrogen-bond donors (Lipinski definition) is 0. The van der Waals surface area contributed by atoms with E-state index in [9.17, 15) is 0 Å². The molecule has 2 rings (SSSR count). The second kappa shape index (κ2) is 3.53. The van der Waals surface area contributed by atoms with Gasteiger partial charge in [-0.2, -0.15) is 0 Å². The average molecular weight is 174 g/mol. The standard InChI is InChI=1S/C13H18/c1-10(2)12-9-5-7-11-6-3-4-8-13(11)12/h3-6,8-13H,7H2,1-2H3. The van der Waals surface area contributed by atoms with Crippen molar-refractivity contribution in [2.75, 3.05) is 0 Å². The van der Waals surface area contributed by atoms with Gasteiger partial charge in [0.25, 0.3) is 0 Å². The van der Waals surface area contributed by atoms with Gasteiger partial charge in [-0.25, -0.2) is 0 Å². The summed E-state index contributed by atoms with van der Waals surface area (Å²) in [6.07, 6.45) is 15.1. The van der Waals surface area contributed by atoms with Gasteiger partial charge in [-0.3, -0.25) is 0 Å². The zero-order valence-electron chi connectivity index (χ0n) is 8.48. The summed E-state index contributed by atoms with van der Waals surface area (Å²) in [6, 6.07) is 0. The van der Waals surface area contributed by atoms with E-state index in [0.29, 0.717) is 0 Å². The van der Waals surface area contributed by atoms with E-state index in [4.69, 9.17) is 0 Å². The summed E-state index contributed by atoms with van der Waals surface area (Å²) < 4.78 is 0. The quantitative estimate of drug-likeness (QED) is 0.533. The molecule has 70 valence electrons. The van der Waals surface area contributed by atoms with Crippen LogP contribution in [-0.2, 0) is 0 Å². The van der Waals surface area contributed by atoms with Gasteiger partial charge in [-0.1, -0.05) is 50.3 Å². The van der Waals surface area contributed by atoms with Crippen LogP contribution in [0.4, 0.5) is 0 Å². The van der Waals surface area contributed by atoms with Crippen molar-refractivity contribution in [2.45, 2.75) is 20.3 Å². The predicted octanol–water partition coefficient (Wildman–Crippen LogP) is 3.58. The maximum atomic E-state index is 2.41. The molecule has 0 saturated heterocycles. The molecule has 0 aromatic heterocycles. The highest BCUT2D eigenvalue weighted by Gasteiger charge is 2.29. The molecule has 0 aromatic carbocycles. The van der Waals surface area contributed by atoms with Crippen LogP contribution >= 0.6 is 0 Å². The molecule has 0 fully saturated rings. The summed E-state index contributed by atoms with van der Waals surface area (Å²) in [5.41, 5.74) is 0. The predicted molar refractivity (Wildman–Crippen MR) is 57.3 cm³/mol. The van der Waals surface area contributed by atoms with Crippen molar-refractivity contribution < 1.29 is 0 Å². The van der Waals surface area contributed by atoms with Crippen molar-refractivity contribution in [3.63, 3.8) is 0 Å². The van der Waals surface area contributed by atoms with Crippen LogP contribution in [0.2, 0.25) is 0 Å². The number of fused-ring (bicyclic) bond motifs is 1. The summed E-state index contributed by atoms with van der Waals surface area (Å²) in [7, 11) is 0. The van der Waals surface area contributed by atoms with Crippen LogP contribution in [-0.4, -0.2) is 0 Å². The highest BCUT2D eigenvalue weighted by atomic mass is 14.3. The lowest BCUT2D eigenvalue weighted by molar-refractivity contribution is 0.285. The van der Waals surface area contributed by atoms with E-state index >= 15 is 0 Å². The fourth-order valence-electron chi connectivity index (χ4n) is 2.51. The van der Waals surface area contributed by atoms with E-state index in [1.165, 1.54) is 6.42 Å². The molecule has 2 aliphatic carbocycles. The molecule has 0 heterocycles. The number of hydrogen-bond acceptors (Lipinski definition) is 0. The Kier molecular flexibility index (Phi) is 2.39. The molecular weight excluding hydrogens is 156 g/mol. The average Bonchev–Trinajstić information content (AvgIpc) is 2.17. The molecule has 0 heteroatoms. The second-order valence-corrected chi connectivity index (χ2v) is 4.50. The maximum absolute atomic E-state index is 2.41. The molecule has 0 N–H and O–H groups in total. The minimum atomic E-state index is 0.750. The van der Waals surface area contributed by atoms with E-state index < -0.39 is 0 Å². The van der Waals surface area contributed by atoms with E-state index in [0.717, 1.165) is 23.7 Å². The third-order valence-corrected chi connectivity index (χ3v) is 3.28. The van der Waals surface area contributed by atoms with Crippen molar-refractivity contribution in [1.29, 1.82) is 0 Å². The van der Waals surface area contributed by atoms with Crippen LogP contribution < -0.4 is 0 Å². The van der Waals surface area contributed by atoms with Gasteiger partial charge in [0.15, 0.2) is 0 Å². The van der Waals surface area contributed by atoms with Crippen LogP contribution in [0.3, 0.4) is 0 Å². The fraction of sp³-hybridized carbons (Fsp3) is 0.538. The largest absolute Gasteiger partial charge is 0.0876 e. The van der Waals surface area contributed by atoms with Gasteiger partial charge in [-0.15, -0.1) is 0 Å². The van der Waals surface area contributed by atoms with Crippen LogP contribution in [0.5, 0.6) is 0 Å². The third-order valence-electron chi connectivity index (χ3n) is 3.28. The smallest absolute Gasteiger partial charge is 0.00989 e. The van der Waals surface area contributed by atoms with E-state index in [2.05, 4.69) is 50.3 Å². The molecule has 0 nitrogen and oxygen atoms in total. The Morgan fingerprint density at radius 1 is 1.08 bits per heavy atom. The first-order valence-electron chi connectivity index (χ1n) is 5.30. The second-order valence-electron chi connectivity index (χ2n) is 4.50. The summed E-state index contributed by atoms with van der Waals surface area (Å²) >= 11 is 0. The molecule has 0 radical (unpaired) electrons. The minimum absolute atomic E-state index is 0.750. The van der Waals surface area contributed by atoms with Crippen LogP contribution in [0.1, 0.15) is 20.3 Å². The van der Waals surface area contributed by atoms with E-state index in [1.807, 2.05) is 0 Å². The molecular formula is C13H18. The first-order valence-corrected chi connectivity index (χ1v) is 5.30. The molecule has 3 atom stereocenters. The first-order chi connectivity index (χ1) is 6.29. The fourth-order valence-corrected chi connectivity index (χ4v) is 2.51. The van der Waals surface area contributed by atoms with Gasteiger partial charge in [0, 0.05) is 0 Å². The molecule has 3 unspecified atom stereocenters. The van der Waals surface area contributed by atoms with Crippen molar-refractivity contribution in [3.8, 4) is 0 Å². The normalized spacial score (nSPS) is 36.7. The lowest BCUT2D eigenvalue weighted by atomic mass is 9.70. The molecule has 0 spiro atoms. The minimum Gasteiger partial charge on any atom is -0.0876 e. The van der Waals surface area contributed by atoms with Crippen LogP contribution in [0.15, 0.2) is 36.5 Å². The van der Waals surface area contributed by atoms with Gasteiger partial charge in [-0.05, 0) is 30.1 Å². The highest BCUT2D eigenvalue weighted by molar-refractivity contribution is 5.20. The van der Waals surface area contributed by atoms with Gasteiger partial charge >= 0.3 is 0 Å². The Balaban J connectivity index is 2.21. The molecule has 0 bridgehead atoms. The van der Waals surface area contributed by atoms with Crippen molar-refractivity contribution in [2.24, 2.45) is 23.7 Å². The Labute approximate surface area is 81.0 Å². The third kappa shape index (κ3) is 1.63. The Morgan fingerprint density at radius 3 is 2.62 bits per heavy atom. The Hall–Kier alpha value is -0.780. The zero-order chi connectivity index (χ0) is 9.26. The van der Waals surface area contributed by atoms with E-state index in [-0.39, 0.29) is 0 Å². The van der Waals surface area contributed by atoms with E-state index in [1.54, 1.807) is 0 Å². The van der Waals surface area contributed by atoms with Gasteiger partial charge in [0.1, 0.15) is 0 Å². The summed E-state index contributed by atoms with van der Waals surface area (Å²) in [5, 5.41) is 0. The highest BCUT2D eigenvalue weighted by Crippen LogP contribution is 2.37. The molecule has 0 aromatic rings. The lowest BCUT2D eigenvalue weighted by Gasteiger charge is -2.35. The lowest BCUT2D eigenvalue weighted by Crippen LogP contribution is -2.27. The van der Waals surface area contributed by atoms with Gasteiger partial charge < -0.3 is 0 Å². The maximum Gasteiger partial charge on any atom is -0.00989 e. The molecule has 0 aliphatic heterocycles. The van der Waals surface area contributed by atoms with Crippen molar-refractivity contribution >= 4 is 0 Å². The Bertz CT molecular complexity index is 255. The molecule has 0 amide bonds. The monoisotopic (exact) mass is 174 g/mol. The Morgan fingerprint density at radius 2 is 1.85 bits per heavy atom. The van der Waals surface area contributed by atoms with Crippen molar-refractivity contribution in [1.82, 2.24) is 0 Å². The summed E-state index contributed by atoms with van der Waals surface area (Å²) in [6.45, 7) is 4.65. The number of rotatable bonds is 1. The molecule has 13 heavy (non-hydrogen) atoms. The summed E-state index contributed by atoms with van der Waals surface area (Å²) in [4.78, 5) is 0. The molecule has 2 aliphatic rings. The van der Waals surface area contributed by atoms with Crippen molar-refractivity contribution in [3.05, 3.63) is 36.5 Å². The first kappa shape index (κ1) is 8.80. The van der Waals surface area contributed by atoms with Crippen LogP contribution in [0.25, 0.3) is 0 Å². The van der Waals surface area contributed by atoms with Gasteiger partial charge in [0.05, 0.1) is 0 Å². The van der Waals surface area contributed by atoms with Gasteiger partial charge in [0.2, 0.25) is 0 Å². The van der Waals surface area contributed by atoms with Crippen LogP contribution in [0, 0.1) is 23.7 Å². The topological polar surface area (TPSA) is 0 Å². The number of allylic oxidation sites excluding steroid dienone is 6. The zero-order valence-corrected chi connectivity index (χ0v) is 8.48. The SMILES string of the molecule is CC(C)C1C=CCC2C=CC=CC21. The molecule has 0 saturated carbocycles.